The van der Waals surface area contributed by atoms with Gasteiger partial charge in [-0.2, -0.15) is 0 Å². The molecule has 0 saturated carbocycles. The number of allylic oxidation sites excluding steroid dienone is 1. The van der Waals surface area contributed by atoms with Crippen molar-refractivity contribution in [3.8, 4) is 0 Å². The molecule has 0 heterocycles. The predicted octanol–water partition coefficient (Wildman–Crippen LogP) is 1.06. The molecule has 0 fully saturated rings. The van der Waals surface area contributed by atoms with E-state index in [2.05, 4.69) is 0 Å². The first-order valence-corrected chi connectivity index (χ1v) is 2.51. The van der Waals surface area contributed by atoms with Crippen LogP contribution in [0.2, 0.25) is 0 Å². The highest BCUT2D eigenvalue weighted by Gasteiger charge is 2.03. The quantitative estimate of drug-likeness (QED) is 0.430. The molecule has 0 aromatic rings. The smallest absolute Gasteiger partial charge is 0.337 e. The van der Waals surface area contributed by atoms with Gasteiger partial charge in [0.1, 0.15) is 0 Å². The normalized spacial score (nSPS) is 8.22. The Morgan fingerprint density at radius 2 is 2.00 bits per heavy atom. The topological polar surface area (TPSA) is 61.2 Å². The van der Waals surface area contributed by atoms with E-state index >= 15 is 0 Å². The molecule has 0 unspecified atom stereocenters. The standard InChI is InChI=1S/C6H9NO2/c1-4(2)5(3-7)6(8)9/h3,7H,1-2H3,(H,8,9). The van der Waals surface area contributed by atoms with Crippen molar-refractivity contribution in [1.82, 2.24) is 0 Å². The molecular weight excluding hydrogens is 118 g/mol. The van der Waals surface area contributed by atoms with Crippen molar-refractivity contribution in [3.05, 3.63) is 11.1 Å². The summed E-state index contributed by atoms with van der Waals surface area (Å²) in [7, 11) is 0. The number of carboxylic acid groups (broad SMARTS) is 1. The third-order valence-corrected chi connectivity index (χ3v) is 0.913. The van der Waals surface area contributed by atoms with Crippen molar-refractivity contribution in [2.45, 2.75) is 13.8 Å². The Labute approximate surface area is 53.5 Å². The van der Waals surface area contributed by atoms with Crippen LogP contribution < -0.4 is 0 Å². The lowest BCUT2D eigenvalue weighted by Gasteiger charge is -1.93. The Bertz CT molecular complexity index is 166. The van der Waals surface area contributed by atoms with Gasteiger partial charge < -0.3 is 10.5 Å². The summed E-state index contributed by atoms with van der Waals surface area (Å²) in [5.41, 5.74) is 0.715. The van der Waals surface area contributed by atoms with Gasteiger partial charge in [-0.05, 0) is 13.8 Å². The number of hydrogen-bond donors (Lipinski definition) is 2. The minimum Gasteiger partial charge on any atom is -0.478 e. The van der Waals surface area contributed by atoms with Crippen LogP contribution in [0.5, 0.6) is 0 Å². The summed E-state index contributed by atoms with van der Waals surface area (Å²) >= 11 is 0. The van der Waals surface area contributed by atoms with Crippen molar-refractivity contribution in [2.75, 3.05) is 0 Å². The van der Waals surface area contributed by atoms with Crippen LogP contribution in [0, 0.1) is 5.41 Å². The first-order valence-electron chi connectivity index (χ1n) is 2.51. The van der Waals surface area contributed by atoms with E-state index in [9.17, 15) is 4.79 Å². The molecule has 0 bridgehead atoms. The second kappa shape index (κ2) is 3.02. The van der Waals surface area contributed by atoms with E-state index in [1.165, 1.54) is 0 Å². The fraction of sp³-hybridized carbons (Fsp3) is 0.333. The third-order valence-electron chi connectivity index (χ3n) is 0.913. The Hall–Kier alpha value is -1.12. The summed E-state index contributed by atoms with van der Waals surface area (Å²) in [5.74, 6) is -1.04. The summed E-state index contributed by atoms with van der Waals surface area (Å²) in [4.78, 5) is 10.2. The molecule has 0 saturated heterocycles. The zero-order valence-corrected chi connectivity index (χ0v) is 5.43. The van der Waals surface area contributed by atoms with Gasteiger partial charge >= 0.3 is 5.97 Å². The molecule has 0 atom stereocenters. The molecule has 9 heavy (non-hydrogen) atoms. The van der Waals surface area contributed by atoms with Crippen LogP contribution in [-0.2, 0) is 4.79 Å². The van der Waals surface area contributed by atoms with Crippen LogP contribution in [0.1, 0.15) is 13.8 Å². The van der Waals surface area contributed by atoms with Crippen LogP contribution in [0.3, 0.4) is 0 Å². The minimum absolute atomic E-state index is 0.0648. The zero-order chi connectivity index (χ0) is 7.44. The monoisotopic (exact) mass is 127 g/mol. The summed E-state index contributed by atoms with van der Waals surface area (Å²) in [5, 5.41) is 15.0. The maximum atomic E-state index is 10.2. The molecule has 2 N–H and O–H groups in total. The number of nitrogens with one attached hydrogen (secondary N) is 1. The maximum absolute atomic E-state index is 10.2. The molecule has 50 valence electrons. The molecule has 0 aromatic heterocycles. The lowest BCUT2D eigenvalue weighted by atomic mass is 10.2. The van der Waals surface area contributed by atoms with Gasteiger partial charge in [0.2, 0.25) is 0 Å². The fourth-order valence-corrected chi connectivity index (χ4v) is 0.420. The van der Waals surface area contributed by atoms with E-state index in [-0.39, 0.29) is 5.57 Å². The SMILES string of the molecule is CC(C)=C(C=N)C(=O)O. The van der Waals surface area contributed by atoms with Crippen LogP contribution in [0.15, 0.2) is 11.1 Å². The fourth-order valence-electron chi connectivity index (χ4n) is 0.420. The molecule has 0 aromatic carbocycles. The van der Waals surface area contributed by atoms with Gasteiger partial charge in [-0.1, -0.05) is 5.57 Å². The number of carboxylic acids is 1. The van der Waals surface area contributed by atoms with E-state index in [4.69, 9.17) is 10.5 Å². The predicted molar refractivity (Wildman–Crippen MR) is 34.8 cm³/mol. The van der Waals surface area contributed by atoms with Crippen LogP contribution in [-0.4, -0.2) is 17.3 Å². The van der Waals surface area contributed by atoms with Gasteiger partial charge in [0, 0.05) is 6.21 Å². The Morgan fingerprint density at radius 3 is 2.00 bits per heavy atom. The second-order valence-electron chi connectivity index (χ2n) is 1.86. The lowest BCUT2D eigenvalue weighted by molar-refractivity contribution is -0.132. The van der Waals surface area contributed by atoms with Crippen molar-refractivity contribution in [1.29, 1.82) is 5.41 Å². The van der Waals surface area contributed by atoms with Gasteiger partial charge in [0.15, 0.2) is 0 Å². The van der Waals surface area contributed by atoms with Gasteiger partial charge in [-0.3, -0.25) is 0 Å². The molecule has 0 aliphatic rings. The average Bonchev–Trinajstić information content (AvgIpc) is 1.64. The van der Waals surface area contributed by atoms with Gasteiger partial charge in [0.05, 0.1) is 5.57 Å². The number of hydrogen-bond acceptors (Lipinski definition) is 2. The first kappa shape index (κ1) is 7.88. The summed E-state index contributed by atoms with van der Waals surface area (Å²) in [6.45, 7) is 3.32. The number of rotatable bonds is 2. The molecular formula is C6H9NO2. The molecule has 0 aliphatic carbocycles. The average molecular weight is 127 g/mol. The van der Waals surface area contributed by atoms with Crippen LogP contribution in [0.4, 0.5) is 0 Å². The summed E-state index contributed by atoms with van der Waals surface area (Å²) in [6.07, 6.45) is 0.845. The Morgan fingerprint density at radius 1 is 1.56 bits per heavy atom. The van der Waals surface area contributed by atoms with Crippen molar-refractivity contribution >= 4 is 12.2 Å². The highest BCUT2D eigenvalue weighted by molar-refractivity contribution is 6.08. The molecule has 0 rings (SSSR count). The van der Waals surface area contributed by atoms with Gasteiger partial charge in [-0.15, -0.1) is 0 Å². The van der Waals surface area contributed by atoms with Crippen molar-refractivity contribution in [2.24, 2.45) is 0 Å². The van der Waals surface area contributed by atoms with Crippen LogP contribution in [0.25, 0.3) is 0 Å². The second-order valence-corrected chi connectivity index (χ2v) is 1.86. The van der Waals surface area contributed by atoms with E-state index in [0.717, 1.165) is 6.21 Å². The molecule has 0 radical (unpaired) electrons. The van der Waals surface area contributed by atoms with E-state index in [0.29, 0.717) is 5.57 Å². The van der Waals surface area contributed by atoms with Crippen molar-refractivity contribution in [3.63, 3.8) is 0 Å². The Kier molecular flexibility index (Phi) is 2.64. The summed E-state index contributed by atoms with van der Waals surface area (Å²) < 4.78 is 0. The number of carbonyl (C=O) groups is 1. The lowest BCUT2D eigenvalue weighted by Crippen LogP contribution is -2.02. The third kappa shape index (κ3) is 2.08. The molecule has 0 spiro atoms. The van der Waals surface area contributed by atoms with Gasteiger partial charge in [0.25, 0.3) is 0 Å². The Balaban J connectivity index is 4.55. The number of aliphatic carboxylic acids is 1. The molecule has 0 amide bonds. The van der Waals surface area contributed by atoms with E-state index in [1.807, 2.05) is 0 Å². The molecule has 3 heteroatoms. The first-order chi connectivity index (χ1) is 4.09. The highest BCUT2D eigenvalue weighted by Crippen LogP contribution is 1.98. The van der Waals surface area contributed by atoms with Crippen LogP contribution >= 0.6 is 0 Å². The molecule has 3 nitrogen and oxygen atoms in total. The highest BCUT2D eigenvalue weighted by atomic mass is 16.4. The van der Waals surface area contributed by atoms with E-state index in [1.54, 1.807) is 13.8 Å². The molecule has 0 aliphatic heterocycles. The minimum atomic E-state index is -1.04. The summed E-state index contributed by atoms with van der Waals surface area (Å²) in [6, 6.07) is 0. The van der Waals surface area contributed by atoms with Crippen molar-refractivity contribution < 1.29 is 9.90 Å². The van der Waals surface area contributed by atoms with Gasteiger partial charge in [-0.25, -0.2) is 4.79 Å². The van der Waals surface area contributed by atoms with E-state index < -0.39 is 5.97 Å². The zero-order valence-electron chi connectivity index (χ0n) is 5.43. The largest absolute Gasteiger partial charge is 0.478 e. The maximum Gasteiger partial charge on any atom is 0.337 e.